The standard InChI is InChI=1S/C11H19N3O3/c1-5-9-6(2)7(3)10(13-14-12)11(17-9)16-8(4)15/h6-7,9-11H,5H2,1-4H3/t6-,7?,9?,10-,11+/m0/s1. The molecule has 0 amide bonds. The second kappa shape index (κ2) is 5.89. The average Bonchev–Trinajstić information content (AvgIpc) is 2.27. The smallest absolute Gasteiger partial charge is 0.304 e. The number of hydrogen-bond donors (Lipinski definition) is 0. The third kappa shape index (κ3) is 3.11. The SMILES string of the molecule is CCC1O[C@@H](OC(C)=O)[C@@H](N=[N+]=[N-])C(C)[C@@H]1C. The van der Waals surface area contributed by atoms with E-state index in [-0.39, 0.29) is 17.9 Å². The number of esters is 1. The minimum atomic E-state index is -0.764. The summed E-state index contributed by atoms with van der Waals surface area (Å²) in [6, 6.07) is -0.457. The van der Waals surface area contributed by atoms with Gasteiger partial charge in [0.25, 0.3) is 0 Å². The van der Waals surface area contributed by atoms with E-state index in [1.807, 2.05) is 13.8 Å². The van der Waals surface area contributed by atoms with Gasteiger partial charge in [0.1, 0.15) is 6.04 Å². The van der Waals surface area contributed by atoms with Gasteiger partial charge in [0.2, 0.25) is 6.29 Å². The van der Waals surface area contributed by atoms with Crippen LogP contribution in [-0.2, 0) is 14.3 Å². The molecule has 0 aromatic carbocycles. The van der Waals surface area contributed by atoms with Crippen LogP contribution in [0.5, 0.6) is 0 Å². The molecule has 5 atom stereocenters. The first-order chi connectivity index (χ1) is 8.01. The number of nitrogens with zero attached hydrogens (tertiary/aromatic N) is 3. The molecule has 0 saturated carbocycles. The first kappa shape index (κ1) is 13.8. The molecule has 0 aromatic rings. The number of ether oxygens (including phenoxy) is 2. The Kier molecular flexibility index (Phi) is 4.78. The van der Waals surface area contributed by atoms with Gasteiger partial charge in [-0.3, -0.25) is 4.79 Å². The van der Waals surface area contributed by atoms with Crippen molar-refractivity contribution in [3.8, 4) is 0 Å². The van der Waals surface area contributed by atoms with Crippen LogP contribution >= 0.6 is 0 Å². The predicted octanol–water partition coefficient (Wildman–Crippen LogP) is 2.64. The van der Waals surface area contributed by atoms with Crippen LogP contribution in [0, 0.1) is 11.8 Å². The fraction of sp³-hybridized carbons (Fsp3) is 0.909. The van der Waals surface area contributed by atoms with Crippen molar-refractivity contribution < 1.29 is 14.3 Å². The van der Waals surface area contributed by atoms with Crippen LogP contribution in [0.1, 0.15) is 34.1 Å². The van der Waals surface area contributed by atoms with Gasteiger partial charge in [0.05, 0.1) is 6.10 Å². The zero-order chi connectivity index (χ0) is 13.0. The van der Waals surface area contributed by atoms with Crippen LogP contribution in [0.4, 0.5) is 0 Å². The van der Waals surface area contributed by atoms with E-state index in [1.54, 1.807) is 0 Å². The molecule has 0 spiro atoms. The van der Waals surface area contributed by atoms with Crippen LogP contribution in [0.3, 0.4) is 0 Å². The Morgan fingerprint density at radius 2 is 2.12 bits per heavy atom. The summed E-state index contributed by atoms with van der Waals surface area (Å²) in [6.07, 6.45) is 0.103. The van der Waals surface area contributed by atoms with Crippen molar-refractivity contribution in [2.24, 2.45) is 17.0 Å². The van der Waals surface area contributed by atoms with Gasteiger partial charge < -0.3 is 9.47 Å². The van der Waals surface area contributed by atoms with E-state index in [0.29, 0.717) is 0 Å². The summed E-state index contributed by atoms with van der Waals surface area (Å²) in [7, 11) is 0. The lowest BCUT2D eigenvalue weighted by molar-refractivity contribution is -0.226. The third-order valence-electron chi connectivity index (χ3n) is 3.41. The topological polar surface area (TPSA) is 84.3 Å². The fourth-order valence-electron chi connectivity index (χ4n) is 2.22. The van der Waals surface area contributed by atoms with E-state index >= 15 is 0 Å². The number of rotatable bonds is 3. The third-order valence-corrected chi connectivity index (χ3v) is 3.41. The molecule has 1 fully saturated rings. The molecule has 17 heavy (non-hydrogen) atoms. The molecule has 1 heterocycles. The van der Waals surface area contributed by atoms with E-state index in [2.05, 4.69) is 16.9 Å². The lowest BCUT2D eigenvalue weighted by Gasteiger charge is -2.42. The molecule has 96 valence electrons. The maximum atomic E-state index is 11.0. The Bertz CT molecular complexity index is 328. The second-order valence-electron chi connectivity index (χ2n) is 4.47. The zero-order valence-corrected chi connectivity index (χ0v) is 10.7. The van der Waals surface area contributed by atoms with Crippen LogP contribution in [-0.4, -0.2) is 24.4 Å². The molecular formula is C11H19N3O3. The van der Waals surface area contributed by atoms with Crippen LogP contribution in [0.15, 0.2) is 5.11 Å². The van der Waals surface area contributed by atoms with E-state index in [1.165, 1.54) is 6.92 Å². The number of carbonyl (C=O) groups is 1. The molecule has 0 N–H and O–H groups in total. The van der Waals surface area contributed by atoms with Crippen molar-refractivity contribution >= 4 is 5.97 Å². The number of hydrogen-bond acceptors (Lipinski definition) is 4. The highest BCUT2D eigenvalue weighted by molar-refractivity contribution is 5.66. The van der Waals surface area contributed by atoms with E-state index in [9.17, 15) is 4.79 Å². The Hall–Kier alpha value is -1.26. The molecule has 2 unspecified atom stereocenters. The van der Waals surface area contributed by atoms with E-state index < -0.39 is 18.3 Å². The number of azide groups is 1. The van der Waals surface area contributed by atoms with Crippen molar-refractivity contribution in [2.45, 2.75) is 52.6 Å². The van der Waals surface area contributed by atoms with Crippen LogP contribution in [0.25, 0.3) is 10.4 Å². The Labute approximate surface area is 101 Å². The molecule has 0 aromatic heterocycles. The van der Waals surface area contributed by atoms with Crippen molar-refractivity contribution in [3.05, 3.63) is 10.4 Å². The van der Waals surface area contributed by atoms with Gasteiger partial charge >= 0.3 is 5.97 Å². The molecule has 0 aliphatic carbocycles. The quantitative estimate of drug-likeness (QED) is 0.329. The van der Waals surface area contributed by atoms with Crippen molar-refractivity contribution in [3.63, 3.8) is 0 Å². The highest BCUT2D eigenvalue weighted by atomic mass is 16.7. The van der Waals surface area contributed by atoms with Gasteiger partial charge in [-0.1, -0.05) is 25.9 Å². The van der Waals surface area contributed by atoms with Gasteiger partial charge in [-0.05, 0) is 23.8 Å². The highest BCUT2D eigenvalue weighted by Gasteiger charge is 2.41. The Morgan fingerprint density at radius 1 is 1.47 bits per heavy atom. The molecule has 0 bridgehead atoms. The summed E-state index contributed by atoms with van der Waals surface area (Å²) >= 11 is 0. The van der Waals surface area contributed by atoms with Gasteiger partial charge in [-0.15, -0.1) is 0 Å². The molecule has 1 aliphatic rings. The molecule has 6 nitrogen and oxygen atoms in total. The van der Waals surface area contributed by atoms with Crippen molar-refractivity contribution in [2.75, 3.05) is 0 Å². The molecule has 1 saturated heterocycles. The molecule has 6 heteroatoms. The summed E-state index contributed by atoms with van der Waals surface area (Å²) in [4.78, 5) is 13.8. The highest BCUT2D eigenvalue weighted by Crippen LogP contribution is 2.34. The first-order valence-corrected chi connectivity index (χ1v) is 5.88. The van der Waals surface area contributed by atoms with Crippen molar-refractivity contribution in [1.82, 2.24) is 0 Å². The largest absolute Gasteiger partial charge is 0.435 e. The lowest BCUT2D eigenvalue weighted by Crippen LogP contribution is -2.49. The Balaban J connectivity index is 2.89. The summed E-state index contributed by atoms with van der Waals surface area (Å²) in [5.41, 5.74) is 8.56. The van der Waals surface area contributed by atoms with Crippen LogP contribution in [0.2, 0.25) is 0 Å². The summed E-state index contributed by atoms with van der Waals surface area (Å²) in [5, 5.41) is 3.70. The maximum absolute atomic E-state index is 11.0. The summed E-state index contributed by atoms with van der Waals surface area (Å²) < 4.78 is 10.8. The first-order valence-electron chi connectivity index (χ1n) is 5.88. The minimum Gasteiger partial charge on any atom is -0.435 e. The predicted molar refractivity (Wildman–Crippen MR) is 62.0 cm³/mol. The minimum absolute atomic E-state index is 0.0273. The molecule has 1 rings (SSSR count). The molecule has 0 radical (unpaired) electrons. The Morgan fingerprint density at radius 3 is 2.59 bits per heavy atom. The van der Waals surface area contributed by atoms with E-state index in [0.717, 1.165) is 6.42 Å². The normalized spacial score (nSPS) is 37.1. The zero-order valence-electron chi connectivity index (χ0n) is 10.7. The van der Waals surface area contributed by atoms with Gasteiger partial charge in [0, 0.05) is 11.8 Å². The van der Waals surface area contributed by atoms with Crippen LogP contribution < -0.4 is 0 Å². The van der Waals surface area contributed by atoms with Gasteiger partial charge in [-0.2, -0.15) is 0 Å². The summed E-state index contributed by atoms with van der Waals surface area (Å²) in [5.74, 6) is -0.0407. The van der Waals surface area contributed by atoms with Gasteiger partial charge in [-0.25, -0.2) is 0 Å². The summed E-state index contributed by atoms with van der Waals surface area (Å²) in [6.45, 7) is 7.39. The maximum Gasteiger partial charge on any atom is 0.304 e. The van der Waals surface area contributed by atoms with Gasteiger partial charge in [0.15, 0.2) is 0 Å². The van der Waals surface area contributed by atoms with E-state index in [4.69, 9.17) is 15.0 Å². The molecule has 1 aliphatic heterocycles. The second-order valence-corrected chi connectivity index (χ2v) is 4.47. The number of carbonyl (C=O) groups excluding carboxylic acids is 1. The lowest BCUT2D eigenvalue weighted by atomic mass is 9.81. The average molecular weight is 241 g/mol. The molecular weight excluding hydrogens is 222 g/mol. The van der Waals surface area contributed by atoms with Crippen molar-refractivity contribution in [1.29, 1.82) is 0 Å². The fourth-order valence-corrected chi connectivity index (χ4v) is 2.22. The monoisotopic (exact) mass is 241 g/mol.